The Kier molecular flexibility index (Phi) is 8.22. The fourth-order valence-electron chi connectivity index (χ4n) is 2.40. The van der Waals surface area contributed by atoms with Gasteiger partial charge in [0.15, 0.2) is 15.8 Å². The number of amides is 1. The summed E-state index contributed by atoms with van der Waals surface area (Å²) in [6.07, 6.45) is 2.48. The van der Waals surface area contributed by atoms with Gasteiger partial charge >= 0.3 is 0 Å². The number of hydrogen-bond acceptors (Lipinski definition) is 8. The van der Waals surface area contributed by atoms with Gasteiger partial charge in [0.1, 0.15) is 5.01 Å². The molecule has 0 saturated carbocycles. The summed E-state index contributed by atoms with van der Waals surface area (Å²) >= 11 is 2.78. The van der Waals surface area contributed by atoms with Crippen LogP contribution in [0.1, 0.15) is 18.9 Å². The van der Waals surface area contributed by atoms with E-state index in [9.17, 15) is 4.79 Å². The molecule has 0 bridgehead atoms. The van der Waals surface area contributed by atoms with E-state index in [1.807, 2.05) is 55.5 Å². The van der Waals surface area contributed by atoms with Crippen molar-refractivity contribution in [1.82, 2.24) is 15.6 Å². The van der Waals surface area contributed by atoms with Gasteiger partial charge in [-0.15, -0.1) is 10.2 Å². The number of ether oxygens (including phenoxy) is 2. The van der Waals surface area contributed by atoms with E-state index in [2.05, 4.69) is 20.7 Å². The predicted octanol–water partition coefficient (Wildman–Crippen LogP) is 4.24. The summed E-state index contributed by atoms with van der Waals surface area (Å²) in [5.74, 6) is 1.29. The van der Waals surface area contributed by atoms with E-state index < -0.39 is 0 Å². The maximum absolute atomic E-state index is 12.0. The zero-order valence-electron chi connectivity index (χ0n) is 16.7. The molecule has 0 aliphatic rings. The summed E-state index contributed by atoms with van der Waals surface area (Å²) < 4.78 is 11.7. The third kappa shape index (κ3) is 6.30. The van der Waals surface area contributed by atoms with Crippen molar-refractivity contribution in [1.29, 1.82) is 0 Å². The Hall–Kier alpha value is -2.91. The van der Waals surface area contributed by atoms with Crippen molar-refractivity contribution in [2.75, 3.05) is 19.5 Å². The Morgan fingerprint density at radius 2 is 2.03 bits per heavy atom. The van der Waals surface area contributed by atoms with E-state index >= 15 is 0 Å². The van der Waals surface area contributed by atoms with Crippen LogP contribution in [0, 0.1) is 0 Å². The zero-order valence-corrected chi connectivity index (χ0v) is 18.3. The van der Waals surface area contributed by atoms with Crippen molar-refractivity contribution in [2.24, 2.45) is 5.10 Å². The van der Waals surface area contributed by atoms with Crippen molar-refractivity contribution in [2.45, 2.75) is 17.7 Å². The van der Waals surface area contributed by atoms with Crippen LogP contribution < -0.4 is 14.9 Å². The number of hydrazone groups is 1. The molecule has 0 aliphatic heterocycles. The molecule has 1 N–H and O–H groups in total. The van der Waals surface area contributed by atoms with Gasteiger partial charge in [-0.3, -0.25) is 4.79 Å². The molecule has 7 nitrogen and oxygen atoms in total. The van der Waals surface area contributed by atoms with Gasteiger partial charge in [-0.25, -0.2) is 5.43 Å². The number of carbonyl (C=O) groups excluding carboxylic acids is 1. The van der Waals surface area contributed by atoms with Gasteiger partial charge in [-0.2, -0.15) is 5.10 Å². The smallest absolute Gasteiger partial charge is 0.250 e. The number of nitrogens with one attached hydrogen (secondary N) is 1. The number of hydrogen-bond donors (Lipinski definition) is 1. The number of methoxy groups -OCH3 is 1. The number of thioether (sulfide) groups is 1. The first kappa shape index (κ1) is 21.8. The van der Waals surface area contributed by atoms with Gasteiger partial charge in [-0.1, -0.05) is 60.4 Å². The first-order valence-electron chi connectivity index (χ1n) is 9.34. The Labute approximate surface area is 183 Å². The lowest BCUT2D eigenvalue weighted by molar-refractivity contribution is -0.118. The largest absolute Gasteiger partial charge is 0.493 e. The lowest BCUT2D eigenvalue weighted by atomic mass is 10.2. The second-order valence-corrected chi connectivity index (χ2v) is 8.28. The van der Waals surface area contributed by atoms with Crippen LogP contribution in [0.5, 0.6) is 11.5 Å². The zero-order chi connectivity index (χ0) is 21.2. The van der Waals surface area contributed by atoms with Crippen molar-refractivity contribution < 1.29 is 14.3 Å². The lowest BCUT2D eigenvalue weighted by Gasteiger charge is -2.10. The molecule has 0 fully saturated rings. The van der Waals surface area contributed by atoms with Crippen LogP contribution in [0.3, 0.4) is 0 Å². The van der Waals surface area contributed by atoms with Crippen molar-refractivity contribution in [3.8, 4) is 22.1 Å². The molecule has 3 rings (SSSR count). The third-order valence-corrected chi connectivity index (χ3v) is 5.91. The minimum absolute atomic E-state index is 0.202. The Bertz CT molecular complexity index is 993. The van der Waals surface area contributed by atoms with Crippen molar-refractivity contribution in [3.63, 3.8) is 0 Å². The predicted molar refractivity (Wildman–Crippen MR) is 121 cm³/mol. The van der Waals surface area contributed by atoms with Crippen LogP contribution in [-0.2, 0) is 4.79 Å². The van der Waals surface area contributed by atoms with E-state index in [0.29, 0.717) is 18.1 Å². The van der Waals surface area contributed by atoms with Crippen LogP contribution in [0.15, 0.2) is 58.0 Å². The number of nitrogens with zero attached hydrogens (tertiary/aromatic N) is 3. The van der Waals surface area contributed by atoms with Gasteiger partial charge in [0.2, 0.25) is 0 Å². The van der Waals surface area contributed by atoms with Crippen molar-refractivity contribution in [3.05, 3.63) is 54.1 Å². The fraction of sp³-hybridized carbons (Fsp3) is 0.238. The molecule has 1 amide bonds. The molecule has 0 unspecified atom stereocenters. The topological polar surface area (TPSA) is 85.7 Å². The summed E-state index contributed by atoms with van der Waals surface area (Å²) in [5, 5.41) is 13.1. The molecule has 30 heavy (non-hydrogen) atoms. The maximum atomic E-state index is 12.0. The Balaban J connectivity index is 1.49. The average Bonchev–Trinajstić information content (AvgIpc) is 3.26. The Morgan fingerprint density at radius 3 is 2.80 bits per heavy atom. The molecule has 1 heterocycles. The molecular weight excluding hydrogens is 420 g/mol. The SMILES string of the molecule is CCCOc1ccc(C=NNC(=O)CSc2nnc(-c3ccccc3)s2)cc1OC. The summed E-state index contributed by atoms with van der Waals surface area (Å²) in [4.78, 5) is 12.0. The minimum Gasteiger partial charge on any atom is -0.493 e. The highest BCUT2D eigenvalue weighted by molar-refractivity contribution is 8.01. The quantitative estimate of drug-likeness (QED) is 0.287. The molecule has 9 heteroatoms. The summed E-state index contributed by atoms with van der Waals surface area (Å²) in [6.45, 7) is 2.67. The number of benzene rings is 2. The molecule has 0 saturated heterocycles. The summed E-state index contributed by atoms with van der Waals surface area (Å²) in [5.41, 5.74) is 4.32. The first-order valence-corrected chi connectivity index (χ1v) is 11.1. The molecule has 3 aromatic rings. The maximum Gasteiger partial charge on any atom is 0.250 e. The van der Waals surface area contributed by atoms with Gasteiger partial charge in [-0.05, 0) is 30.2 Å². The van der Waals surface area contributed by atoms with Crippen LogP contribution in [0.4, 0.5) is 0 Å². The lowest BCUT2D eigenvalue weighted by Crippen LogP contribution is -2.19. The van der Waals surface area contributed by atoms with Crippen molar-refractivity contribution >= 4 is 35.2 Å². The highest BCUT2D eigenvalue weighted by atomic mass is 32.2. The second kappa shape index (κ2) is 11.3. The average molecular weight is 443 g/mol. The van der Waals surface area contributed by atoms with Crippen LogP contribution in [0.25, 0.3) is 10.6 Å². The molecule has 156 valence electrons. The summed E-state index contributed by atoms with van der Waals surface area (Å²) in [6, 6.07) is 15.3. The molecule has 0 radical (unpaired) electrons. The number of rotatable bonds is 10. The van der Waals surface area contributed by atoms with Gasteiger partial charge < -0.3 is 9.47 Å². The van der Waals surface area contributed by atoms with E-state index in [4.69, 9.17) is 9.47 Å². The normalized spacial score (nSPS) is 10.9. The molecule has 0 aliphatic carbocycles. The molecule has 2 aromatic carbocycles. The van der Waals surface area contributed by atoms with E-state index in [-0.39, 0.29) is 11.7 Å². The molecule has 0 atom stereocenters. The number of carbonyl (C=O) groups is 1. The van der Waals surface area contributed by atoms with Crippen LogP contribution in [0.2, 0.25) is 0 Å². The number of aromatic nitrogens is 2. The highest BCUT2D eigenvalue weighted by Crippen LogP contribution is 2.29. The standard InChI is InChI=1S/C21H22N4O3S2/c1-3-11-28-17-10-9-15(12-18(17)27-2)13-22-23-19(26)14-29-21-25-24-20(30-21)16-7-5-4-6-8-16/h4-10,12-13H,3,11,14H2,1-2H3,(H,23,26). The highest BCUT2D eigenvalue weighted by Gasteiger charge is 2.09. The monoisotopic (exact) mass is 442 g/mol. The third-order valence-electron chi connectivity index (χ3n) is 3.81. The fourth-order valence-corrected chi connectivity index (χ4v) is 4.05. The van der Waals surface area contributed by atoms with Gasteiger partial charge in [0, 0.05) is 5.56 Å². The molecule has 0 spiro atoms. The van der Waals surface area contributed by atoms with Crippen LogP contribution in [-0.4, -0.2) is 41.8 Å². The Morgan fingerprint density at radius 1 is 1.20 bits per heavy atom. The van der Waals surface area contributed by atoms with E-state index in [1.54, 1.807) is 13.3 Å². The van der Waals surface area contributed by atoms with E-state index in [1.165, 1.54) is 23.1 Å². The second-order valence-electron chi connectivity index (χ2n) is 6.08. The van der Waals surface area contributed by atoms with Gasteiger partial charge in [0.05, 0.1) is 25.7 Å². The molecular formula is C21H22N4O3S2. The van der Waals surface area contributed by atoms with Gasteiger partial charge in [0.25, 0.3) is 5.91 Å². The first-order chi connectivity index (χ1) is 14.7. The van der Waals surface area contributed by atoms with Crippen LogP contribution >= 0.6 is 23.1 Å². The molecule has 1 aromatic heterocycles. The van der Waals surface area contributed by atoms with E-state index in [0.717, 1.165) is 26.9 Å². The minimum atomic E-state index is -0.220. The summed E-state index contributed by atoms with van der Waals surface area (Å²) in [7, 11) is 1.59.